The summed E-state index contributed by atoms with van der Waals surface area (Å²) in [4.78, 5) is 17.4. The first-order valence-electron chi connectivity index (χ1n) is 11.8. The zero-order valence-corrected chi connectivity index (χ0v) is 21.2. The van der Waals surface area contributed by atoms with Gasteiger partial charge in [0.2, 0.25) is 0 Å². The predicted octanol–water partition coefficient (Wildman–Crippen LogP) is 5.66. The molecular formula is C30H30FN5O. The van der Waals surface area contributed by atoms with Gasteiger partial charge in [0, 0.05) is 24.0 Å². The number of nitriles is 1. The number of aryl methyl sites for hydroxylation is 1. The van der Waals surface area contributed by atoms with Crippen molar-refractivity contribution < 1.29 is 9.18 Å². The molecule has 0 saturated heterocycles. The highest BCUT2D eigenvalue weighted by Gasteiger charge is 2.16. The number of carbonyl (C=O) groups is 1. The molecule has 4 N–H and O–H groups in total. The molecule has 1 heterocycles. The normalized spacial score (nSPS) is 12.7. The number of amides is 1. The molecule has 2 aromatic carbocycles. The Hall–Kier alpha value is -4.70. The van der Waals surface area contributed by atoms with Crippen LogP contribution in [0.3, 0.4) is 0 Å². The maximum absolute atomic E-state index is 13.3. The van der Waals surface area contributed by atoms with Crippen molar-refractivity contribution in [2.75, 3.05) is 5.73 Å². The molecule has 37 heavy (non-hydrogen) atoms. The van der Waals surface area contributed by atoms with Crippen molar-refractivity contribution in [2.45, 2.75) is 33.4 Å². The molecule has 0 saturated carbocycles. The summed E-state index contributed by atoms with van der Waals surface area (Å²) in [6.45, 7) is 9.63. The predicted molar refractivity (Wildman–Crippen MR) is 145 cm³/mol. The molecule has 1 unspecified atom stereocenters. The lowest BCUT2D eigenvalue weighted by Gasteiger charge is -2.17. The number of aromatic nitrogens is 1. The highest BCUT2D eigenvalue weighted by atomic mass is 19.1. The molecule has 7 heteroatoms. The maximum atomic E-state index is 13.3. The van der Waals surface area contributed by atoms with Gasteiger partial charge in [-0.2, -0.15) is 5.26 Å². The first-order chi connectivity index (χ1) is 17.7. The molecule has 0 aliphatic heterocycles. The Labute approximate surface area is 217 Å². The molecule has 0 radical (unpaired) electrons. The van der Waals surface area contributed by atoms with Crippen molar-refractivity contribution in [1.29, 1.82) is 5.26 Å². The average molecular weight is 496 g/mol. The number of anilines is 1. The van der Waals surface area contributed by atoms with E-state index in [4.69, 9.17) is 5.73 Å². The molecule has 0 spiro atoms. The van der Waals surface area contributed by atoms with Crippen molar-refractivity contribution >= 4 is 11.7 Å². The van der Waals surface area contributed by atoms with Gasteiger partial charge in [-0.25, -0.2) is 9.37 Å². The van der Waals surface area contributed by atoms with Crippen LogP contribution in [-0.2, 0) is 11.3 Å². The summed E-state index contributed by atoms with van der Waals surface area (Å²) in [5.41, 5.74) is 11.7. The SMILES string of the molecule is C=C/C(C#N)=C\C(C(=O)NC(C)c1ccc(F)cc1)=C(/C)NCc1ccc(-c2cnc(N)c(C)c2)cc1. The van der Waals surface area contributed by atoms with E-state index >= 15 is 0 Å². The number of nitrogens with zero attached hydrogens (tertiary/aromatic N) is 2. The molecule has 1 atom stereocenters. The summed E-state index contributed by atoms with van der Waals surface area (Å²) in [5, 5.41) is 15.6. The topological polar surface area (TPSA) is 104 Å². The number of nitrogens with two attached hydrogens (primary N) is 1. The number of nitrogen functional groups attached to an aromatic ring is 1. The van der Waals surface area contributed by atoms with Crippen LogP contribution < -0.4 is 16.4 Å². The number of allylic oxidation sites excluding steroid dienone is 3. The van der Waals surface area contributed by atoms with Crippen LogP contribution >= 0.6 is 0 Å². The number of hydrogen-bond acceptors (Lipinski definition) is 5. The van der Waals surface area contributed by atoms with Crippen LogP contribution in [0, 0.1) is 24.1 Å². The van der Waals surface area contributed by atoms with Crippen molar-refractivity contribution in [2.24, 2.45) is 0 Å². The van der Waals surface area contributed by atoms with Crippen molar-refractivity contribution in [1.82, 2.24) is 15.6 Å². The Kier molecular flexibility index (Phi) is 8.95. The van der Waals surface area contributed by atoms with Crippen LogP contribution in [0.4, 0.5) is 10.2 Å². The fourth-order valence-electron chi connectivity index (χ4n) is 3.63. The van der Waals surface area contributed by atoms with E-state index in [0.29, 0.717) is 23.6 Å². The number of nitrogens with one attached hydrogen (secondary N) is 2. The van der Waals surface area contributed by atoms with Gasteiger partial charge in [0.1, 0.15) is 11.6 Å². The highest BCUT2D eigenvalue weighted by Crippen LogP contribution is 2.22. The zero-order chi connectivity index (χ0) is 26.9. The Morgan fingerprint density at radius 2 is 1.86 bits per heavy atom. The standard InChI is InChI=1S/C30H30FN5O/c1-5-22(16-32)15-28(30(37)36-20(3)24-10-12-27(31)13-11-24)21(4)34-17-23-6-8-25(9-7-23)26-14-19(2)29(33)35-18-26/h5-15,18,20,34H,1,17H2,2-4H3,(H2,33,35)(H,36,37)/b22-15+,28-21-. The van der Waals surface area contributed by atoms with E-state index in [2.05, 4.69) is 22.2 Å². The lowest BCUT2D eigenvalue weighted by molar-refractivity contribution is -0.117. The maximum Gasteiger partial charge on any atom is 0.253 e. The molecule has 0 fully saturated rings. The second-order valence-electron chi connectivity index (χ2n) is 8.68. The third-order valence-electron chi connectivity index (χ3n) is 5.98. The Balaban J connectivity index is 1.78. The molecule has 0 aliphatic carbocycles. The molecule has 188 valence electrons. The lowest BCUT2D eigenvalue weighted by Crippen LogP contribution is -2.29. The average Bonchev–Trinajstić information content (AvgIpc) is 2.90. The van der Waals surface area contributed by atoms with Gasteiger partial charge >= 0.3 is 0 Å². The summed E-state index contributed by atoms with van der Waals surface area (Å²) < 4.78 is 13.3. The van der Waals surface area contributed by atoms with Crippen LogP contribution in [0.2, 0.25) is 0 Å². The van der Waals surface area contributed by atoms with Crippen LogP contribution in [0.5, 0.6) is 0 Å². The molecule has 6 nitrogen and oxygen atoms in total. The van der Waals surface area contributed by atoms with E-state index in [1.54, 1.807) is 25.3 Å². The highest BCUT2D eigenvalue weighted by molar-refractivity contribution is 5.97. The van der Waals surface area contributed by atoms with E-state index in [0.717, 1.165) is 27.8 Å². The molecule has 3 rings (SSSR count). The van der Waals surface area contributed by atoms with Gasteiger partial charge in [0.25, 0.3) is 5.91 Å². The fraction of sp³-hybridized carbons (Fsp3) is 0.167. The summed E-state index contributed by atoms with van der Waals surface area (Å²) >= 11 is 0. The van der Waals surface area contributed by atoms with Crippen molar-refractivity contribution in [3.05, 3.63) is 119 Å². The number of hydrogen-bond donors (Lipinski definition) is 3. The molecule has 0 aliphatic rings. The molecule has 1 aromatic heterocycles. The smallest absolute Gasteiger partial charge is 0.253 e. The van der Waals surface area contributed by atoms with E-state index in [1.807, 2.05) is 50.2 Å². The molecular weight excluding hydrogens is 465 g/mol. The Bertz CT molecular complexity index is 1380. The van der Waals surface area contributed by atoms with E-state index in [9.17, 15) is 14.4 Å². The van der Waals surface area contributed by atoms with Gasteiger partial charge in [0.05, 0.1) is 23.3 Å². The number of rotatable bonds is 9. The van der Waals surface area contributed by atoms with Gasteiger partial charge in [-0.3, -0.25) is 4.79 Å². The minimum atomic E-state index is -0.363. The number of halogens is 1. The van der Waals surface area contributed by atoms with Crippen LogP contribution in [0.25, 0.3) is 11.1 Å². The third kappa shape index (κ3) is 7.15. The summed E-state index contributed by atoms with van der Waals surface area (Å²) in [6, 6.07) is 17.6. The van der Waals surface area contributed by atoms with Gasteiger partial charge in [-0.15, -0.1) is 0 Å². The van der Waals surface area contributed by atoms with Gasteiger partial charge in [-0.1, -0.05) is 49.1 Å². The third-order valence-corrected chi connectivity index (χ3v) is 5.98. The lowest BCUT2D eigenvalue weighted by atomic mass is 10.0. The second-order valence-corrected chi connectivity index (χ2v) is 8.68. The summed E-state index contributed by atoms with van der Waals surface area (Å²) in [7, 11) is 0. The van der Waals surface area contributed by atoms with Crippen molar-refractivity contribution in [3.63, 3.8) is 0 Å². The first kappa shape index (κ1) is 26.9. The van der Waals surface area contributed by atoms with Crippen molar-refractivity contribution in [3.8, 4) is 17.2 Å². The van der Waals surface area contributed by atoms with E-state index in [1.165, 1.54) is 24.3 Å². The van der Waals surface area contributed by atoms with E-state index < -0.39 is 0 Å². The first-order valence-corrected chi connectivity index (χ1v) is 11.8. The molecule has 3 aromatic rings. The number of pyridine rings is 1. The zero-order valence-electron chi connectivity index (χ0n) is 21.2. The van der Waals surface area contributed by atoms with E-state index in [-0.39, 0.29) is 23.3 Å². The fourth-order valence-corrected chi connectivity index (χ4v) is 3.63. The number of carbonyl (C=O) groups excluding carboxylic acids is 1. The molecule has 0 bridgehead atoms. The van der Waals surface area contributed by atoms with Gasteiger partial charge in [0.15, 0.2) is 0 Å². The quantitative estimate of drug-likeness (QED) is 0.202. The van der Waals surface area contributed by atoms with Crippen LogP contribution in [0.1, 0.15) is 36.6 Å². The summed E-state index contributed by atoms with van der Waals surface area (Å²) in [6.07, 6.45) is 4.65. The second kappa shape index (κ2) is 12.3. The Morgan fingerprint density at radius 1 is 1.19 bits per heavy atom. The van der Waals surface area contributed by atoms with Crippen LogP contribution in [-0.4, -0.2) is 10.9 Å². The number of benzene rings is 2. The minimum absolute atomic E-state index is 0.262. The largest absolute Gasteiger partial charge is 0.384 e. The van der Waals surface area contributed by atoms with Gasteiger partial charge < -0.3 is 16.4 Å². The summed E-state index contributed by atoms with van der Waals surface area (Å²) in [5.74, 6) is -0.189. The minimum Gasteiger partial charge on any atom is -0.384 e. The Morgan fingerprint density at radius 3 is 2.46 bits per heavy atom. The molecule has 1 amide bonds. The van der Waals surface area contributed by atoms with Gasteiger partial charge in [-0.05, 0) is 67.3 Å². The van der Waals surface area contributed by atoms with Crippen LogP contribution in [0.15, 0.2) is 96.4 Å². The monoisotopic (exact) mass is 495 g/mol.